The molecule has 152 valence electrons. The van der Waals surface area contributed by atoms with Crippen molar-refractivity contribution in [1.29, 1.82) is 0 Å². The van der Waals surface area contributed by atoms with E-state index in [1.165, 1.54) is 6.08 Å². The monoisotopic (exact) mass is 395 g/mol. The zero-order valence-corrected chi connectivity index (χ0v) is 16.5. The highest BCUT2D eigenvalue weighted by Crippen LogP contribution is 2.18. The summed E-state index contributed by atoms with van der Waals surface area (Å²) in [6.07, 6.45) is 5.14. The lowest BCUT2D eigenvalue weighted by atomic mass is 10.2. The number of methoxy groups -OCH3 is 1. The number of hydrazine groups is 1. The Balaban J connectivity index is 1.84. The maximum atomic E-state index is 12.1. The second kappa shape index (κ2) is 11.3. The predicted molar refractivity (Wildman–Crippen MR) is 112 cm³/mol. The quantitative estimate of drug-likeness (QED) is 0.472. The highest BCUT2D eigenvalue weighted by molar-refractivity contribution is 5.98. The fraction of sp³-hybridized carbons (Fsp3) is 0.227. The number of benzene rings is 2. The average molecular weight is 395 g/mol. The number of hydrogen-bond acceptors (Lipinski definition) is 4. The van der Waals surface area contributed by atoms with E-state index >= 15 is 0 Å². The van der Waals surface area contributed by atoms with Gasteiger partial charge in [0.2, 0.25) is 5.91 Å². The van der Waals surface area contributed by atoms with Crippen LogP contribution in [0.4, 0.5) is 5.69 Å². The first-order valence-corrected chi connectivity index (χ1v) is 9.34. The zero-order valence-electron chi connectivity index (χ0n) is 16.5. The highest BCUT2D eigenvalue weighted by Gasteiger charge is 2.07. The third-order valence-electron chi connectivity index (χ3n) is 4.04. The normalized spacial score (nSPS) is 10.4. The molecule has 0 aliphatic rings. The molecule has 2 rings (SSSR count). The molecule has 7 nitrogen and oxygen atoms in total. The molecule has 0 unspecified atom stereocenters. The number of anilines is 1. The Labute approximate surface area is 170 Å². The van der Waals surface area contributed by atoms with E-state index in [2.05, 4.69) is 16.2 Å². The summed E-state index contributed by atoms with van der Waals surface area (Å²) < 4.78 is 5.21. The molecule has 0 aromatic heterocycles. The zero-order chi connectivity index (χ0) is 21.1. The summed E-state index contributed by atoms with van der Waals surface area (Å²) in [7, 11) is 1.55. The molecule has 3 amide bonds. The van der Waals surface area contributed by atoms with E-state index < -0.39 is 11.8 Å². The van der Waals surface area contributed by atoms with Crippen molar-refractivity contribution in [3.05, 3.63) is 65.7 Å². The van der Waals surface area contributed by atoms with E-state index in [1.54, 1.807) is 43.5 Å². The van der Waals surface area contributed by atoms with Gasteiger partial charge in [0.15, 0.2) is 0 Å². The van der Waals surface area contributed by atoms with Gasteiger partial charge in [-0.2, -0.15) is 0 Å². The average Bonchev–Trinajstić information content (AvgIpc) is 2.75. The summed E-state index contributed by atoms with van der Waals surface area (Å²) in [6, 6.07) is 13.7. The maximum absolute atomic E-state index is 12.1. The second-order valence-electron chi connectivity index (χ2n) is 6.25. The van der Waals surface area contributed by atoms with Gasteiger partial charge in [0.05, 0.1) is 7.11 Å². The molecule has 0 atom stereocenters. The molecule has 0 fully saturated rings. The molecular formula is C22H25N3O4. The van der Waals surface area contributed by atoms with E-state index in [-0.39, 0.29) is 5.91 Å². The maximum Gasteiger partial charge on any atom is 0.269 e. The standard InChI is InChI=1S/C22H25N3O4/c1-3-4-9-20(26)23-18-13-10-17(11-14-18)22(28)25-24-21(27)15-12-16-7-5-6-8-19(16)29-2/h5-8,10-15H,3-4,9H2,1-2H3,(H,23,26)(H,24,27)(H,25,28). The van der Waals surface area contributed by atoms with Crippen LogP contribution in [0.15, 0.2) is 54.6 Å². The van der Waals surface area contributed by atoms with Crippen LogP contribution in [0.2, 0.25) is 0 Å². The molecule has 0 radical (unpaired) electrons. The minimum absolute atomic E-state index is 0.0573. The Kier molecular flexibility index (Phi) is 8.44. The minimum Gasteiger partial charge on any atom is -0.496 e. The summed E-state index contributed by atoms with van der Waals surface area (Å²) >= 11 is 0. The van der Waals surface area contributed by atoms with Crippen LogP contribution in [0.25, 0.3) is 6.08 Å². The first kappa shape index (κ1) is 21.7. The van der Waals surface area contributed by atoms with Gasteiger partial charge in [0, 0.05) is 29.3 Å². The van der Waals surface area contributed by atoms with Crippen molar-refractivity contribution in [2.45, 2.75) is 26.2 Å². The molecule has 2 aromatic rings. The smallest absolute Gasteiger partial charge is 0.269 e. The number of para-hydroxylation sites is 1. The molecule has 29 heavy (non-hydrogen) atoms. The van der Waals surface area contributed by atoms with Gasteiger partial charge < -0.3 is 10.1 Å². The number of nitrogens with one attached hydrogen (secondary N) is 3. The van der Waals surface area contributed by atoms with Crippen LogP contribution in [-0.2, 0) is 9.59 Å². The summed E-state index contributed by atoms with van der Waals surface area (Å²) in [5.74, 6) is -0.363. The van der Waals surface area contributed by atoms with Crippen molar-refractivity contribution in [2.24, 2.45) is 0 Å². The Bertz CT molecular complexity index is 876. The van der Waals surface area contributed by atoms with Gasteiger partial charge >= 0.3 is 0 Å². The molecule has 0 heterocycles. The van der Waals surface area contributed by atoms with Crippen molar-refractivity contribution in [3.63, 3.8) is 0 Å². The third-order valence-corrected chi connectivity index (χ3v) is 4.04. The van der Waals surface area contributed by atoms with Crippen LogP contribution < -0.4 is 20.9 Å². The van der Waals surface area contributed by atoms with Gasteiger partial charge in [-0.05, 0) is 42.8 Å². The van der Waals surface area contributed by atoms with E-state index in [0.717, 1.165) is 18.4 Å². The molecule has 3 N–H and O–H groups in total. The second-order valence-corrected chi connectivity index (χ2v) is 6.25. The van der Waals surface area contributed by atoms with E-state index in [4.69, 9.17) is 4.74 Å². The fourth-order valence-electron chi connectivity index (χ4n) is 2.47. The Morgan fingerprint density at radius 3 is 2.41 bits per heavy atom. The lowest BCUT2D eigenvalue weighted by Crippen LogP contribution is -2.40. The Morgan fingerprint density at radius 2 is 1.72 bits per heavy atom. The number of rotatable bonds is 8. The number of unbranched alkanes of at least 4 members (excludes halogenated alkanes) is 1. The summed E-state index contributed by atoms with van der Waals surface area (Å²) in [5, 5.41) is 2.77. The van der Waals surface area contributed by atoms with E-state index in [0.29, 0.717) is 23.4 Å². The highest BCUT2D eigenvalue weighted by atomic mass is 16.5. The van der Waals surface area contributed by atoms with Gasteiger partial charge in [0.25, 0.3) is 11.8 Å². The first-order valence-electron chi connectivity index (χ1n) is 9.34. The summed E-state index contributed by atoms with van der Waals surface area (Å²) in [6.45, 7) is 2.02. The summed E-state index contributed by atoms with van der Waals surface area (Å²) in [4.78, 5) is 35.8. The largest absolute Gasteiger partial charge is 0.496 e. The number of carbonyl (C=O) groups excluding carboxylic acids is 3. The van der Waals surface area contributed by atoms with Crippen LogP contribution >= 0.6 is 0 Å². The van der Waals surface area contributed by atoms with Gasteiger partial charge in [-0.3, -0.25) is 25.2 Å². The lowest BCUT2D eigenvalue weighted by molar-refractivity contribution is -0.117. The topological polar surface area (TPSA) is 96.5 Å². The number of amides is 3. The van der Waals surface area contributed by atoms with Crippen LogP contribution in [-0.4, -0.2) is 24.8 Å². The molecule has 0 aliphatic carbocycles. The van der Waals surface area contributed by atoms with Crippen molar-refractivity contribution in [1.82, 2.24) is 10.9 Å². The summed E-state index contributed by atoms with van der Waals surface area (Å²) in [5.41, 5.74) is 6.38. The van der Waals surface area contributed by atoms with E-state index in [1.807, 2.05) is 25.1 Å². The van der Waals surface area contributed by atoms with Gasteiger partial charge in [0.1, 0.15) is 5.75 Å². The molecule has 2 aromatic carbocycles. The Hall–Kier alpha value is -3.61. The van der Waals surface area contributed by atoms with E-state index in [9.17, 15) is 14.4 Å². The van der Waals surface area contributed by atoms with Crippen molar-refractivity contribution >= 4 is 29.5 Å². The van der Waals surface area contributed by atoms with Crippen LogP contribution in [0, 0.1) is 0 Å². The number of ether oxygens (including phenoxy) is 1. The molecule has 0 bridgehead atoms. The molecule has 0 saturated heterocycles. The lowest BCUT2D eigenvalue weighted by Gasteiger charge is -2.08. The molecule has 0 aliphatic heterocycles. The van der Waals surface area contributed by atoms with Crippen LogP contribution in [0.5, 0.6) is 5.75 Å². The van der Waals surface area contributed by atoms with Crippen LogP contribution in [0.1, 0.15) is 42.1 Å². The minimum atomic E-state index is -0.482. The third kappa shape index (κ3) is 7.14. The SMILES string of the molecule is CCCCC(=O)Nc1ccc(C(=O)NNC(=O)C=Cc2ccccc2OC)cc1. The van der Waals surface area contributed by atoms with Gasteiger partial charge in [-0.25, -0.2) is 0 Å². The molecule has 0 spiro atoms. The molecule has 0 saturated carbocycles. The number of carbonyl (C=O) groups is 3. The van der Waals surface area contributed by atoms with Gasteiger partial charge in [-0.15, -0.1) is 0 Å². The van der Waals surface area contributed by atoms with Crippen molar-refractivity contribution in [3.8, 4) is 5.75 Å². The predicted octanol–water partition coefficient (Wildman–Crippen LogP) is 3.30. The molecular weight excluding hydrogens is 370 g/mol. The van der Waals surface area contributed by atoms with Gasteiger partial charge in [-0.1, -0.05) is 31.5 Å². The Morgan fingerprint density at radius 1 is 1.00 bits per heavy atom. The molecule has 7 heteroatoms. The van der Waals surface area contributed by atoms with Crippen molar-refractivity contribution in [2.75, 3.05) is 12.4 Å². The van der Waals surface area contributed by atoms with Crippen LogP contribution in [0.3, 0.4) is 0 Å². The van der Waals surface area contributed by atoms with Crippen molar-refractivity contribution < 1.29 is 19.1 Å². The first-order chi connectivity index (χ1) is 14.0. The fourth-order valence-corrected chi connectivity index (χ4v) is 2.47. The number of hydrogen-bond donors (Lipinski definition) is 3.